The third-order valence-corrected chi connectivity index (χ3v) is 5.73. The molecule has 4 heterocycles. The van der Waals surface area contributed by atoms with E-state index in [0.29, 0.717) is 30.8 Å². The van der Waals surface area contributed by atoms with Crippen LogP contribution in [-0.4, -0.2) is 37.1 Å². The van der Waals surface area contributed by atoms with Crippen LogP contribution in [-0.2, 0) is 12.6 Å². The smallest absolute Gasteiger partial charge is 0.359 e. The number of carbonyl (C=O) groups is 1. The summed E-state index contributed by atoms with van der Waals surface area (Å²) < 4.78 is 47.0. The van der Waals surface area contributed by atoms with E-state index in [9.17, 15) is 18.0 Å². The van der Waals surface area contributed by atoms with Crippen molar-refractivity contribution in [3.8, 4) is 0 Å². The molecule has 10 heteroatoms. The minimum Gasteiger partial charge on any atom is -0.359 e. The molecule has 1 saturated heterocycles. The first-order valence-electron chi connectivity index (χ1n) is 10.1. The van der Waals surface area contributed by atoms with Crippen molar-refractivity contribution in [2.75, 3.05) is 6.54 Å². The molecule has 0 aromatic carbocycles. The lowest BCUT2D eigenvalue weighted by Gasteiger charge is -2.21. The van der Waals surface area contributed by atoms with Crippen molar-refractivity contribution in [2.24, 2.45) is 0 Å². The van der Waals surface area contributed by atoms with E-state index in [0.717, 1.165) is 35.5 Å². The number of rotatable bonds is 4. The van der Waals surface area contributed by atoms with E-state index in [1.165, 1.54) is 6.07 Å². The zero-order valence-electron chi connectivity index (χ0n) is 16.3. The Hall–Kier alpha value is -2.91. The van der Waals surface area contributed by atoms with Gasteiger partial charge in [0, 0.05) is 30.3 Å². The lowest BCUT2D eigenvalue weighted by molar-refractivity contribution is -0.142. The van der Waals surface area contributed by atoms with Gasteiger partial charge in [-0.1, -0.05) is 12.1 Å². The Morgan fingerprint density at radius 1 is 1.23 bits per heavy atom. The Labute approximate surface area is 169 Å². The first kappa shape index (κ1) is 19.1. The molecule has 1 aliphatic heterocycles. The van der Waals surface area contributed by atoms with E-state index >= 15 is 0 Å². The van der Waals surface area contributed by atoms with E-state index in [1.54, 1.807) is 4.90 Å². The summed E-state index contributed by atoms with van der Waals surface area (Å²) in [4.78, 5) is 19.1. The van der Waals surface area contributed by atoms with Crippen LogP contribution in [0, 0.1) is 0 Å². The molecule has 0 unspecified atom stereocenters. The molecule has 3 aromatic heterocycles. The van der Waals surface area contributed by atoms with Crippen LogP contribution in [0.2, 0.25) is 0 Å². The van der Waals surface area contributed by atoms with Crippen molar-refractivity contribution < 1.29 is 22.5 Å². The number of likely N-dealkylation sites (tertiary alicyclic amines) is 1. The van der Waals surface area contributed by atoms with Crippen LogP contribution < -0.4 is 0 Å². The average molecular weight is 419 g/mol. The molecule has 2 fully saturated rings. The Balaban J connectivity index is 1.51. The van der Waals surface area contributed by atoms with Crippen molar-refractivity contribution in [1.82, 2.24) is 24.7 Å². The standard InChI is InChI=1S/C20H20F3N5O2/c1-2-12-8-16(30-26-12)15-4-3-7-27(15)19(29)14-10-18-24-13(11-5-6-11)9-17(20(21,22)23)28(18)25-14/h8-11,15H,2-7H2,1H3/t15-/m0/s1. The largest absolute Gasteiger partial charge is 0.433 e. The van der Waals surface area contributed by atoms with Crippen LogP contribution >= 0.6 is 0 Å². The van der Waals surface area contributed by atoms with Crippen molar-refractivity contribution in [1.29, 1.82) is 0 Å². The van der Waals surface area contributed by atoms with Gasteiger partial charge in [-0.3, -0.25) is 4.79 Å². The van der Waals surface area contributed by atoms with Gasteiger partial charge in [0.2, 0.25) is 0 Å². The highest BCUT2D eigenvalue weighted by Crippen LogP contribution is 2.41. The molecular formula is C20H20F3N5O2. The molecule has 1 saturated carbocycles. The summed E-state index contributed by atoms with van der Waals surface area (Å²) in [6, 6.07) is 3.92. The van der Waals surface area contributed by atoms with Gasteiger partial charge in [0.05, 0.1) is 11.7 Å². The van der Waals surface area contributed by atoms with Crippen LogP contribution in [0.15, 0.2) is 22.7 Å². The minimum absolute atomic E-state index is 0.0405. The Bertz CT molecular complexity index is 1120. The number of alkyl halides is 3. The second kappa shape index (κ2) is 6.82. The van der Waals surface area contributed by atoms with Gasteiger partial charge in [-0.25, -0.2) is 9.50 Å². The van der Waals surface area contributed by atoms with Gasteiger partial charge in [0.15, 0.2) is 17.1 Å². The van der Waals surface area contributed by atoms with E-state index in [-0.39, 0.29) is 23.3 Å². The van der Waals surface area contributed by atoms with Crippen molar-refractivity contribution in [2.45, 2.75) is 57.2 Å². The van der Waals surface area contributed by atoms with Gasteiger partial charge < -0.3 is 9.42 Å². The number of aromatic nitrogens is 4. The van der Waals surface area contributed by atoms with Crippen LogP contribution in [0.4, 0.5) is 13.2 Å². The number of nitrogens with zero attached hydrogens (tertiary/aromatic N) is 5. The van der Waals surface area contributed by atoms with E-state index in [4.69, 9.17) is 4.52 Å². The maximum atomic E-state index is 13.6. The zero-order chi connectivity index (χ0) is 21.0. The fourth-order valence-electron chi connectivity index (χ4n) is 3.99. The molecule has 1 amide bonds. The molecule has 5 rings (SSSR count). The van der Waals surface area contributed by atoms with Crippen LogP contribution in [0.25, 0.3) is 5.65 Å². The fourth-order valence-corrected chi connectivity index (χ4v) is 3.99. The Kier molecular flexibility index (Phi) is 4.33. The quantitative estimate of drug-likeness (QED) is 0.635. The summed E-state index contributed by atoms with van der Waals surface area (Å²) in [6.45, 7) is 2.43. The average Bonchev–Trinajstić information content (AvgIpc) is 3.11. The SMILES string of the molecule is CCc1cc([C@@H]2CCCN2C(=O)c2cc3nc(C4CC4)cc(C(F)(F)F)n3n2)on1. The van der Waals surface area contributed by atoms with E-state index in [2.05, 4.69) is 15.2 Å². The van der Waals surface area contributed by atoms with Crippen LogP contribution in [0.1, 0.15) is 77.9 Å². The van der Waals surface area contributed by atoms with Gasteiger partial charge in [-0.2, -0.15) is 18.3 Å². The molecule has 30 heavy (non-hydrogen) atoms. The summed E-state index contributed by atoms with van der Waals surface area (Å²) in [7, 11) is 0. The van der Waals surface area contributed by atoms with Crippen LogP contribution in [0.5, 0.6) is 0 Å². The molecule has 158 valence electrons. The van der Waals surface area contributed by atoms with E-state index in [1.807, 2.05) is 13.0 Å². The maximum absolute atomic E-state index is 13.6. The number of fused-ring (bicyclic) bond motifs is 1. The molecule has 3 aromatic rings. The van der Waals surface area contributed by atoms with Crippen molar-refractivity contribution in [3.05, 3.63) is 46.7 Å². The molecule has 0 spiro atoms. The second-order valence-electron chi connectivity index (χ2n) is 7.87. The number of hydrogen-bond acceptors (Lipinski definition) is 5. The maximum Gasteiger partial charge on any atom is 0.433 e. The molecule has 0 N–H and O–H groups in total. The van der Waals surface area contributed by atoms with Gasteiger partial charge in [0.1, 0.15) is 5.69 Å². The number of aryl methyl sites for hydroxylation is 1. The topological polar surface area (TPSA) is 76.5 Å². The first-order valence-corrected chi connectivity index (χ1v) is 10.1. The molecule has 0 radical (unpaired) electrons. The highest BCUT2D eigenvalue weighted by molar-refractivity contribution is 5.93. The number of amides is 1. The van der Waals surface area contributed by atoms with Crippen LogP contribution in [0.3, 0.4) is 0 Å². The molecular weight excluding hydrogens is 399 g/mol. The summed E-state index contributed by atoms with van der Waals surface area (Å²) in [5, 5.41) is 7.97. The van der Waals surface area contributed by atoms with Gasteiger partial charge >= 0.3 is 6.18 Å². The summed E-state index contributed by atoms with van der Waals surface area (Å²) >= 11 is 0. The number of carbonyl (C=O) groups excluding carboxylic acids is 1. The Morgan fingerprint density at radius 2 is 2.03 bits per heavy atom. The highest BCUT2D eigenvalue weighted by atomic mass is 19.4. The zero-order valence-corrected chi connectivity index (χ0v) is 16.3. The van der Waals surface area contributed by atoms with Crippen molar-refractivity contribution in [3.63, 3.8) is 0 Å². The van der Waals surface area contributed by atoms with Gasteiger partial charge in [-0.05, 0) is 38.2 Å². The number of halogens is 3. The third kappa shape index (κ3) is 3.23. The van der Waals surface area contributed by atoms with Gasteiger partial charge in [0.25, 0.3) is 5.91 Å². The predicted octanol–water partition coefficient (Wildman–Crippen LogP) is 4.15. The lowest BCUT2D eigenvalue weighted by atomic mass is 10.1. The monoisotopic (exact) mass is 419 g/mol. The van der Waals surface area contributed by atoms with Gasteiger partial charge in [-0.15, -0.1) is 0 Å². The second-order valence-corrected chi connectivity index (χ2v) is 7.87. The lowest BCUT2D eigenvalue weighted by Crippen LogP contribution is -2.30. The fraction of sp³-hybridized carbons (Fsp3) is 0.500. The minimum atomic E-state index is -4.59. The summed E-state index contributed by atoms with van der Waals surface area (Å²) in [5.41, 5.74) is 0.279. The summed E-state index contributed by atoms with van der Waals surface area (Å²) in [6.07, 6.45) is -0.756. The molecule has 1 aliphatic carbocycles. The van der Waals surface area contributed by atoms with E-state index < -0.39 is 17.8 Å². The first-order chi connectivity index (χ1) is 14.3. The summed E-state index contributed by atoms with van der Waals surface area (Å²) in [5.74, 6) is 0.206. The molecule has 0 bridgehead atoms. The third-order valence-electron chi connectivity index (χ3n) is 5.73. The molecule has 7 nitrogen and oxygen atoms in total. The normalized spacial score (nSPS) is 19.7. The highest BCUT2D eigenvalue weighted by Gasteiger charge is 2.39. The predicted molar refractivity (Wildman–Crippen MR) is 98.9 cm³/mol. The Morgan fingerprint density at radius 3 is 2.70 bits per heavy atom. The molecule has 1 atom stereocenters. The van der Waals surface area contributed by atoms with Crippen molar-refractivity contribution >= 4 is 11.6 Å². The molecule has 2 aliphatic rings. The number of hydrogen-bond donors (Lipinski definition) is 0.